The van der Waals surface area contributed by atoms with Crippen molar-refractivity contribution in [3.63, 3.8) is 0 Å². The van der Waals surface area contributed by atoms with Crippen LogP contribution in [0.3, 0.4) is 0 Å². The minimum Gasteiger partial charge on any atom is -0.423 e. The number of nitrogens with zero attached hydrogens (tertiary/aromatic N) is 1. The van der Waals surface area contributed by atoms with Crippen molar-refractivity contribution >= 4 is 30.2 Å². The average Bonchev–Trinajstić information content (AvgIpc) is 3.20. The van der Waals surface area contributed by atoms with Gasteiger partial charge in [0.1, 0.15) is 12.1 Å². The van der Waals surface area contributed by atoms with E-state index in [1.165, 1.54) is 4.90 Å². The van der Waals surface area contributed by atoms with Crippen LogP contribution >= 0.6 is 0 Å². The van der Waals surface area contributed by atoms with E-state index in [-0.39, 0.29) is 56.9 Å². The Balaban J connectivity index is 1.81. The number of amides is 2. The van der Waals surface area contributed by atoms with Gasteiger partial charge in [0, 0.05) is 39.0 Å². The van der Waals surface area contributed by atoms with Crippen LogP contribution in [0, 0.1) is 0 Å². The first kappa shape index (κ1) is 35.1. The summed E-state index contributed by atoms with van der Waals surface area (Å²) in [6.45, 7) is 4.55. The zero-order chi connectivity index (χ0) is 32.8. The van der Waals surface area contributed by atoms with Gasteiger partial charge in [0.25, 0.3) is 0 Å². The Bertz CT molecular complexity index is 1320. The molecule has 2 aromatic rings. The average molecular weight is 621 g/mol. The monoisotopic (exact) mass is 621 g/mol. The summed E-state index contributed by atoms with van der Waals surface area (Å²) in [6.07, 6.45) is -6.84. The molecule has 0 fully saturated rings. The molecule has 240 valence electrons. The number of rotatable bonds is 14. The molecule has 0 aliphatic carbocycles. The van der Waals surface area contributed by atoms with E-state index in [0.717, 1.165) is 29.8 Å². The summed E-state index contributed by atoms with van der Waals surface area (Å²) >= 11 is 0. The van der Waals surface area contributed by atoms with Gasteiger partial charge in [0.15, 0.2) is 5.78 Å². The van der Waals surface area contributed by atoms with Crippen molar-refractivity contribution in [2.24, 2.45) is 17.2 Å². The fraction of sp³-hybridized carbons (Fsp3) is 0.483. The van der Waals surface area contributed by atoms with Crippen molar-refractivity contribution in [1.82, 2.24) is 10.2 Å². The Labute approximate surface area is 254 Å². The zero-order valence-electron chi connectivity index (χ0n) is 24.6. The Morgan fingerprint density at radius 3 is 2.25 bits per heavy atom. The summed E-state index contributed by atoms with van der Waals surface area (Å²) in [6, 6.07) is 5.66. The molecule has 1 heterocycles. The molecular formula is C29H39BF3N5O6. The van der Waals surface area contributed by atoms with Crippen LogP contribution in [-0.4, -0.2) is 78.0 Å². The molecule has 9 N–H and O–H groups in total. The minimum absolute atomic E-state index is 0.0425. The number of ketones is 1. The number of hydrogen-bond acceptors (Lipinski definition) is 9. The van der Waals surface area contributed by atoms with E-state index >= 15 is 0 Å². The Kier molecular flexibility index (Phi) is 11.7. The second kappa shape index (κ2) is 14.6. The number of nitrogens with two attached hydrogens (primary N) is 3. The van der Waals surface area contributed by atoms with Crippen LogP contribution in [0.4, 0.5) is 13.2 Å². The number of alkyl halides is 3. The molecule has 0 unspecified atom stereocenters. The third-order valence-corrected chi connectivity index (χ3v) is 7.51. The molecule has 0 aromatic heterocycles. The van der Waals surface area contributed by atoms with E-state index in [1.54, 1.807) is 32.0 Å². The highest BCUT2D eigenvalue weighted by Crippen LogP contribution is 2.32. The quantitative estimate of drug-likeness (QED) is 0.156. The van der Waals surface area contributed by atoms with Gasteiger partial charge in [-0.2, -0.15) is 13.2 Å². The number of fused-ring (bicyclic) bond motifs is 1. The van der Waals surface area contributed by atoms with Gasteiger partial charge >= 0.3 is 13.3 Å². The van der Waals surface area contributed by atoms with Crippen molar-refractivity contribution in [2.75, 3.05) is 26.2 Å². The molecule has 0 spiro atoms. The molecule has 0 saturated heterocycles. The maximum atomic E-state index is 13.5. The van der Waals surface area contributed by atoms with Crippen LogP contribution < -0.4 is 28.0 Å². The molecule has 3 rings (SSSR count). The van der Waals surface area contributed by atoms with Crippen LogP contribution in [0.2, 0.25) is 0 Å². The van der Waals surface area contributed by atoms with Gasteiger partial charge in [-0.25, -0.2) is 0 Å². The number of aliphatic hydroxyl groups excluding tert-OH is 1. The number of Topliss-reactive ketones (excluding diaryl/α,β-unsaturated/α-hetero) is 1. The first-order chi connectivity index (χ1) is 20.6. The number of carbonyl (C=O) groups excluding carboxylic acids is 3. The second-order valence-electron chi connectivity index (χ2n) is 11.2. The van der Waals surface area contributed by atoms with Gasteiger partial charge in [0.05, 0.1) is 17.2 Å². The number of hydrogen-bond donors (Lipinski definition) is 6. The Morgan fingerprint density at radius 1 is 1.07 bits per heavy atom. The third kappa shape index (κ3) is 8.64. The topological polar surface area (TPSA) is 194 Å². The molecule has 44 heavy (non-hydrogen) atoms. The maximum Gasteiger partial charge on any atom is 0.492 e. The normalized spacial score (nSPS) is 16.2. The van der Waals surface area contributed by atoms with E-state index in [9.17, 15) is 37.7 Å². The summed E-state index contributed by atoms with van der Waals surface area (Å²) in [5.41, 5.74) is 17.0. The summed E-state index contributed by atoms with van der Waals surface area (Å²) in [5.74, 6) is -1.82. The minimum atomic E-state index is -4.61. The Hall–Kier alpha value is -3.34. The van der Waals surface area contributed by atoms with E-state index in [0.29, 0.717) is 11.0 Å². The molecule has 0 saturated carbocycles. The van der Waals surface area contributed by atoms with Crippen molar-refractivity contribution in [1.29, 1.82) is 0 Å². The number of aliphatic hydroxyl groups is 1. The highest BCUT2D eigenvalue weighted by Gasteiger charge is 2.41. The van der Waals surface area contributed by atoms with Crippen LogP contribution in [0.5, 0.6) is 0 Å². The van der Waals surface area contributed by atoms with Crippen molar-refractivity contribution < 1.29 is 42.3 Å². The molecule has 0 bridgehead atoms. The summed E-state index contributed by atoms with van der Waals surface area (Å²) in [4.78, 5) is 40.6. The second-order valence-corrected chi connectivity index (χ2v) is 11.2. The van der Waals surface area contributed by atoms with Gasteiger partial charge in [0.2, 0.25) is 11.8 Å². The zero-order valence-corrected chi connectivity index (χ0v) is 24.6. The van der Waals surface area contributed by atoms with E-state index in [1.807, 2.05) is 0 Å². The van der Waals surface area contributed by atoms with E-state index in [4.69, 9.17) is 21.9 Å². The van der Waals surface area contributed by atoms with Crippen LogP contribution in [0.15, 0.2) is 42.5 Å². The van der Waals surface area contributed by atoms with Gasteiger partial charge < -0.3 is 42.2 Å². The fourth-order valence-electron chi connectivity index (χ4n) is 5.09. The van der Waals surface area contributed by atoms with Gasteiger partial charge in [-0.1, -0.05) is 30.3 Å². The molecule has 15 heteroatoms. The largest absolute Gasteiger partial charge is 0.492 e. The van der Waals surface area contributed by atoms with Crippen molar-refractivity contribution in [3.8, 4) is 0 Å². The van der Waals surface area contributed by atoms with E-state index < -0.39 is 54.3 Å². The van der Waals surface area contributed by atoms with E-state index in [2.05, 4.69) is 5.32 Å². The smallest absolute Gasteiger partial charge is 0.423 e. The number of nitrogens with one attached hydrogen (secondary N) is 1. The predicted molar refractivity (Wildman–Crippen MR) is 157 cm³/mol. The SMILES string of the molecule is CC1(C)OB(O)c2cc(CC(=O)[C@@H](NC(=O)[C@@H](N)CCC(=O)N(CCN)CCN)[C@H](O)c3ccc(C(F)(F)F)cc3)ccc21. The highest BCUT2D eigenvalue weighted by molar-refractivity contribution is 6.62. The lowest BCUT2D eigenvalue weighted by molar-refractivity contribution is -0.137. The number of benzene rings is 2. The van der Waals surface area contributed by atoms with Crippen LogP contribution in [-0.2, 0) is 37.2 Å². The Morgan fingerprint density at radius 2 is 1.68 bits per heavy atom. The van der Waals surface area contributed by atoms with Crippen LogP contribution in [0.25, 0.3) is 0 Å². The lowest BCUT2D eigenvalue weighted by Gasteiger charge is -2.26. The molecule has 0 radical (unpaired) electrons. The van der Waals surface area contributed by atoms with Gasteiger partial charge in [-0.15, -0.1) is 0 Å². The molecule has 1 aliphatic rings. The molecule has 2 amide bonds. The number of halogens is 3. The standard InChI is InChI=1S/C29H39BF3N5O6/c1-28(2)20-8-3-17(15-21(20)30(43)44-28)16-23(39)25(26(41)18-4-6-19(7-5-18)29(31,32)33)37-27(42)22(36)9-10-24(40)38(13-11-34)14-12-35/h3-8,15,22,25-26,41,43H,9-14,16,34-36H2,1-2H3,(H,37,42)/t22-,25+,26+/m0/s1. The molecule has 11 nitrogen and oxygen atoms in total. The van der Waals surface area contributed by atoms with Crippen LogP contribution in [0.1, 0.15) is 55.0 Å². The molecule has 3 atom stereocenters. The lowest BCUT2D eigenvalue weighted by Crippen LogP contribution is -2.51. The summed E-state index contributed by atoms with van der Waals surface area (Å²) in [7, 11) is -1.21. The lowest BCUT2D eigenvalue weighted by atomic mass is 9.77. The highest BCUT2D eigenvalue weighted by atomic mass is 19.4. The fourth-order valence-corrected chi connectivity index (χ4v) is 5.09. The van der Waals surface area contributed by atoms with Crippen molar-refractivity contribution in [3.05, 3.63) is 64.7 Å². The summed E-state index contributed by atoms with van der Waals surface area (Å²) < 4.78 is 44.8. The summed E-state index contributed by atoms with van der Waals surface area (Å²) in [5, 5.41) is 23.9. The predicted octanol–water partition coefficient (Wildman–Crippen LogP) is -0.158. The molecular weight excluding hydrogens is 582 g/mol. The molecule has 2 aromatic carbocycles. The van der Waals surface area contributed by atoms with Gasteiger partial charge in [-0.05, 0) is 54.6 Å². The first-order valence-corrected chi connectivity index (χ1v) is 14.2. The molecule has 1 aliphatic heterocycles. The number of carbonyl (C=O) groups is 3. The van der Waals surface area contributed by atoms with Gasteiger partial charge in [-0.3, -0.25) is 14.4 Å². The van der Waals surface area contributed by atoms with Crippen molar-refractivity contribution in [2.45, 2.75) is 63.1 Å². The first-order valence-electron chi connectivity index (χ1n) is 14.2. The third-order valence-electron chi connectivity index (χ3n) is 7.51. The maximum absolute atomic E-state index is 13.5.